The fourth-order valence-electron chi connectivity index (χ4n) is 1.86. The summed E-state index contributed by atoms with van der Waals surface area (Å²) in [7, 11) is 1.59. The van der Waals surface area contributed by atoms with Crippen molar-refractivity contribution in [1.82, 2.24) is 9.47 Å². The number of aromatic nitrogens is 1. The SMILES string of the molecule is Cn1ccc(C(=O)N(CC(=O)O)CC2CC2)cc1=O. The van der Waals surface area contributed by atoms with Gasteiger partial charge in [0.05, 0.1) is 0 Å². The van der Waals surface area contributed by atoms with Gasteiger partial charge in [0, 0.05) is 31.4 Å². The molecule has 1 fully saturated rings. The van der Waals surface area contributed by atoms with E-state index in [9.17, 15) is 14.4 Å². The van der Waals surface area contributed by atoms with Crippen LogP contribution in [0.2, 0.25) is 0 Å². The van der Waals surface area contributed by atoms with Crippen LogP contribution in [0.15, 0.2) is 23.1 Å². The van der Waals surface area contributed by atoms with Crippen LogP contribution in [0, 0.1) is 5.92 Å². The average Bonchev–Trinajstić information content (AvgIpc) is 3.14. The second kappa shape index (κ2) is 5.26. The Bertz CT molecular complexity index is 560. The number of hydrogen-bond acceptors (Lipinski definition) is 3. The van der Waals surface area contributed by atoms with Gasteiger partial charge < -0.3 is 14.6 Å². The number of carbonyl (C=O) groups is 2. The van der Waals surface area contributed by atoms with Gasteiger partial charge in [-0.05, 0) is 24.8 Å². The molecule has 0 saturated heterocycles. The summed E-state index contributed by atoms with van der Waals surface area (Å²) in [4.78, 5) is 35.8. The molecule has 0 atom stereocenters. The standard InChI is InChI=1S/C13H16N2O4/c1-14-5-4-10(6-11(14)16)13(19)15(8-12(17)18)7-9-2-3-9/h4-6,9H,2-3,7-8H2,1H3,(H,17,18). The highest BCUT2D eigenvalue weighted by Crippen LogP contribution is 2.30. The minimum absolute atomic E-state index is 0.241. The lowest BCUT2D eigenvalue weighted by atomic mass is 10.2. The molecular formula is C13H16N2O4. The first-order chi connectivity index (χ1) is 8.97. The molecule has 1 aliphatic rings. The topological polar surface area (TPSA) is 79.6 Å². The van der Waals surface area contributed by atoms with E-state index >= 15 is 0 Å². The molecular weight excluding hydrogens is 248 g/mol. The lowest BCUT2D eigenvalue weighted by molar-refractivity contribution is -0.137. The molecule has 0 bridgehead atoms. The van der Waals surface area contributed by atoms with Crippen LogP contribution in [0.1, 0.15) is 23.2 Å². The summed E-state index contributed by atoms with van der Waals surface area (Å²) in [5, 5.41) is 8.85. The fourth-order valence-corrected chi connectivity index (χ4v) is 1.86. The Balaban J connectivity index is 2.18. The summed E-state index contributed by atoms with van der Waals surface area (Å²) < 4.78 is 1.36. The van der Waals surface area contributed by atoms with Crippen molar-refractivity contribution in [2.24, 2.45) is 13.0 Å². The summed E-state index contributed by atoms with van der Waals surface area (Å²) in [6.07, 6.45) is 3.56. The number of carboxylic acids is 1. The number of amides is 1. The molecule has 19 heavy (non-hydrogen) atoms. The largest absolute Gasteiger partial charge is 0.480 e. The van der Waals surface area contributed by atoms with Crippen LogP contribution < -0.4 is 5.56 Å². The Kier molecular flexibility index (Phi) is 3.69. The molecule has 0 aliphatic heterocycles. The minimum Gasteiger partial charge on any atom is -0.480 e. The van der Waals surface area contributed by atoms with Crippen LogP contribution in [-0.2, 0) is 11.8 Å². The highest BCUT2D eigenvalue weighted by atomic mass is 16.4. The van der Waals surface area contributed by atoms with E-state index in [0.717, 1.165) is 12.8 Å². The van der Waals surface area contributed by atoms with E-state index in [4.69, 9.17) is 5.11 Å². The van der Waals surface area contributed by atoms with Crippen molar-refractivity contribution in [3.8, 4) is 0 Å². The third kappa shape index (κ3) is 3.43. The van der Waals surface area contributed by atoms with Crippen molar-refractivity contribution in [2.75, 3.05) is 13.1 Å². The molecule has 0 spiro atoms. The van der Waals surface area contributed by atoms with Gasteiger partial charge in [-0.15, -0.1) is 0 Å². The molecule has 1 aromatic rings. The zero-order chi connectivity index (χ0) is 14.0. The molecule has 1 heterocycles. The van der Waals surface area contributed by atoms with E-state index in [1.54, 1.807) is 7.05 Å². The first kappa shape index (κ1) is 13.3. The molecule has 102 valence electrons. The monoisotopic (exact) mass is 264 g/mol. The second-order valence-corrected chi connectivity index (χ2v) is 4.89. The first-order valence-corrected chi connectivity index (χ1v) is 6.15. The van der Waals surface area contributed by atoms with Gasteiger partial charge in [-0.3, -0.25) is 14.4 Å². The van der Waals surface area contributed by atoms with Crippen molar-refractivity contribution in [1.29, 1.82) is 0 Å². The summed E-state index contributed by atoms with van der Waals surface area (Å²) in [6, 6.07) is 2.77. The van der Waals surface area contributed by atoms with Crippen LogP contribution in [0.25, 0.3) is 0 Å². The Morgan fingerprint density at radius 3 is 2.68 bits per heavy atom. The number of carboxylic acid groups (broad SMARTS) is 1. The van der Waals surface area contributed by atoms with Gasteiger partial charge in [-0.1, -0.05) is 0 Å². The molecule has 1 N–H and O–H groups in total. The van der Waals surface area contributed by atoms with Gasteiger partial charge >= 0.3 is 5.97 Å². The molecule has 1 aromatic heterocycles. The van der Waals surface area contributed by atoms with Crippen molar-refractivity contribution in [3.05, 3.63) is 34.2 Å². The summed E-state index contributed by atoms with van der Waals surface area (Å²) in [5.41, 5.74) is -0.0439. The predicted molar refractivity (Wildman–Crippen MR) is 67.9 cm³/mol. The third-order valence-electron chi connectivity index (χ3n) is 3.14. The molecule has 0 unspecified atom stereocenters. The van der Waals surface area contributed by atoms with E-state index in [0.29, 0.717) is 12.5 Å². The number of nitrogens with zero attached hydrogens (tertiary/aromatic N) is 2. The third-order valence-corrected chi connectivity index (χ3v) is 3.14. The van der Waals surface area contributed by atoms with E-state index in [2.05, 4.69) is 0 Å². The number of rotatable bonds is 5. The summed E-state index contributed by atoms with van der Waals surface area (Å²) >= 11 is 0. The maximum atomic E-state index is 12.2. The molecule has 1 amide bonds. The van der Waals surface area contributed by atoms with E-state index < -0.39 is 11.9 Å². The Morgan fingerprint density at radius 2 is 2.16 bits per heavy atom. The maximum Gasteiger partial charge on any atom is 0.323 e. The molecule has 6 nitrogen and oxygen atoms in total. The van der Waals surface area contributed by atoms with Crippen molar-refractivity contribution < 1.29 is 14.7 Å². The van der Waals surface area contributed by atoms with Gasteiger partial charge in [0.25, 0.3) is 11.5 Å². The van der Waals surface area contributed by atoms with Gasteiger partial charge in [0.15, 0.2) is 0 Å². The van der Waals surface area contributed by atoms with Crippen LogP contribution in [0.3, 0.4) is 0 Å². The molecule has 0 radical (unpaired) electrons. The smallest absolute Gasteiger partial charge is 0.323 e. The van der Waals surface area contributed by atoms with Crippen LogP contribution in [0.4, 0.5) is 0 Å². The minimum atomic E-state index is -1.04. The van der Waals surface area contributed by atoms with E-state index in [1.165, 1.54) is 27.8 Å². The Labute approximate surface area is 110 Å². The van der Waals surface area contributed by atoms with Gasteiger partial charge in [-0.2, -0.15) is 0 Å². The van der Waals surface area contributed by atoms with Crippen molar-refractivity contribution in [2.45, 2.75) is 12.8 Å². The number of carbonyl (C=O) groups excluding carboxylic acids is 1. The van der Waals surface area contributed by atoms with Crippen molar-refractivity contribution in [3.63, 3.8) is 0 Å². The zero-order valence-corrected chi connectivity index (χ0v) is 10.7. The van der Waals surface area contributed by atoms with Gasteiger partial charge in [0.1, 0.15) is 6.54 Å². The quantitative estimate of drug-likeness (QED) is 0.830. The normalized spacial score (nSPS) is 14.2. The van der Waals surface area contributed by atoms with Gasteiger partial charge in [0.2, 0.25) is 0 Å². The number of aryl methyl sites for hydroxylation is 1. The number of aliphatic carboxylic acids is 1. The predicted octanol–water partition coefficient (Wildman–Crippen LogP) is 0.322. The fraction of sp³-hybridized carbons (Fsp3) is 0.462. The molecule has 0 aromatic carbocycles. The Hall–Kier alpha value is -2.11. The molecule has 2 rings (SSSR count). The highest BCUT2D eigenvalue weighted by molar-refractivity contribution is 5.95. The zero-order valence-electron chi connectivity index (χ0n) is 10.7. The van der Waals surface area contributed by atoms with E-state index in [-0.39, 0.29) is 17.7 Å². The van der Waals surface area contributed by atoms with E-state index in [1.807, 2.05) is 0 Å². The van der Waals surface area contributed by atoms with Crippen LogP contribution >= 0.6 is 0 Å². The number of pyridine rings is 1. The summed E-state index contributed by atoms with van der Waals surface area (Å²) in [6.45, 7) is 0.116. The molecule has 1 aliphatic carbocycles. The first-order valence-electron chi connectivity index (χ1n) is 6.15. The molecule has 1 saturated carbocycles. The summed E-state index contributed by atoms with van der Waals surface area (Å²) in [5.74, 6) is -1.04. The maximum absolute atomic E-state index is 12.2. The van der Waals surface area contributed by atoms with Crippen LogP contribution in [-0.4, -0.2) is 39.5 Å². The number of hydrogen-bond donors (Lipinski definition) is 1. The highest BCUT2D eigenvalue weighted by Gasteiger charge is 2.28. The molecule has 6 heteroatoms. The Morgan fingerprint density at radius 1 is 1.47 bits per heavy atom. The van der Waals surface area contributed by atoms with Crippen LogP contribution in [0.5, 0.6) is 0 Å². The van der Waals surface area contributed by atoms with Crippen molar-refractivity contribution >= 4 is 11.9 Å². The lowest BCUT2D eigenvalue weighted by Crippen LogP contribution is -2.37. The van der Waals surface area contributed by atoms with Gasteiger partial charge in [-0.25, -0.2) is 0 Å². The second-order valence-electron chi connectivity index (χ2n) is 4.89. The average molecular weight is 264 g/mol. The lowest BCUT2D eigenvalue weighted by Gasteiger charge is -2.20.